The lowest BCUT2D eigenvalue weighted by molar-refractivity contribution is 0.0858. The monoisotopic (exact) mass is 435 g/mol. The van der Waals surface area contributed by atoms with Crippen LogP contribution in [0.1, 0.15) is 48.2 Å². The van der Waals surface area contributed by atoms with E-state index in [4.69, 9.17) is 11.6 Å². The molecule has 2 heterocycles. The molecule has 4 nitrogen and oxygen atoms in total. The first-order valence-corrected chi connectivity index (χ1v) is 11.9. The SMILES string of the molecule is O=C(NC1CCCC1N1CCC(Cc2ccc(Cl)cc2)CC1)c1cc2ccccc2[nH]1. The van der Waals surface area contributed by atoms with E-state index in [0.29, 0.717) is 11.7 Å². The summed E-state index contributed by atoms with van der Waals surface area (Å²) in [5, 5.41) is 5.22. The number of nitrogens with one attached hydrogen (secondary N) is 2. The van der Waals surface area contributed by atoms with Crippen LogP contribution in [0.3, 0.4) is 0 Å². The number of rotatable bonds is 5. The fourth-order valence-corrected chi connectivity index (χ4v) is 5.56. The Morgan fingerprint density at radius 2 is 1.81 bits per heavy atom. The number of aromatic nitrogens is 1. The molecule has 1 aliphatic heterocycles. The van der Waals surface area contributed by atoms with Crippen molar-refractivity contribution in [1.82, 2.24) is 15.2 Å². The maximum absolute atomic E-state index is 12.9. The zero-order valence-electron chi connectivity index (χ0n) is 17.8. The molecule has 1 saturated heterocycles. The quantitative estimate of drug-likeness (QED) is 0.561. The highest BCUT2D eigenvalue weighted by Gasteiger charge is 2.35. The largest absolute Gasteiger partial charge is 0.351 e. The van der Waals surface area contributed by atoms with Crippen molar-refractivity contribution >= 4 is 28.4 Å². The van der Waals surface area contributed by atoms with Gasteiger partial charge >= 0.3 is 0 Å². The average molecular weight is 436 g/mol. The molecule has 1 saturated carbocycles. The molecule has 0 spiro atoms. The number of halogens is 1. The lowest BCUT2D eigenvalue weighted by atomic mass is 9.89. The number of hydrogen-bond acceptors (Lipinski definition) is 2. The van der Waals surface area contributed by atoms with Crippen molar-refractivity contribution in [1.29, 1.82) is 0 Å². The Morgan fingerprint density at radius 3 is 2.58 bits per heavy atom. The van der Waals surface area contributed by atoms with Crippen LogP contribution in [0.15, 0.2) is 54.6 Å². The minimum absolute atomic E-state index is 0.0192. The summed E-state index contributed by atoms with van der Waals surface area (Å²) in [6.45, 7) is 2.25. The van der Waals surface area contributed by atoms with Crippen LogP contribution in [0.25, 0.3) is 10.9 Å². The first-order valence-electron chi connectivity index (χ1n) is 11.5. The van der Waals surface area contributed by atoms with E-state index < -0.39 is 0 Å². The van der Waals surface area contributed by atoms with Gasteiger partial charge in [0, 0.05) is 28.0 Å². The van der Waals surface area contributed by atoms with Gasteiger partial charge in [0.2, 0.25) is 0 Å². The summed E-state index contributed by atoms with van der Waals surface area (Å²) in [7, 11) is 0. The summed E-state index contributed by atoms with van der Waals surface area (Å²) < 4.78 is 0. The second kappa shape index (κ2) is 9.05. The Balaban J connectivity index is 1.17. The molecule has 2 aliphatic rings. The summed E-state index contributed by atoms with van der Waals surface area (Å²) in [6, 6.07) is 19.0. The van der Waals surface area contributed by atoms with Crippen LogP contribution in [-0.4, -0.2) is 41.0 Å². The lowest BCUT2D eigenvalue weighted by Crippen LogP contribution is -2.51. The highest BCUT2D eigenvalue weighted by Crippen LogP contribution is 2.30. The third kappa shape index (κ3) is 4.65. The molecule has 5 heteroatoms. The van der Waals surface area contributed by atoms with Crippen LogP contribution < -0.4 is 5.32 Å². The average Bonchev–Trinajstić information content (AvgIpc) is 3.43. The molecule has 2 aromatic carbocycles. The zero-order chi connectivity index (χ0) is 21.2. The van der Waals surface area contributed by atoms with Crippen LogP contribution in [-0.2, 0) is 6.42 Å². The van der Waals surface area contributed by atoms with Gasteiger partial charge in [0.25, 0.3) is 5.91 Å². The second-order valence-corrected chi connectivity index (χ2v) is 9.59. The van der Waals surface area contributed by atoms with Crippen molar-refractivity contribution in [2.24, 2.45) is 5.92 Å². The molecule has 0 bridgehead atoms. The summed E-state index contributed by atoms with van der Waals surface area (Å²) in [5.74, 6) is 0.754. The second-order valence-electron chi connectivity index (χ2n) is 9.16. The summed E-state index contributed by atoms with van der Waals surface area (Å²) in [6.07, 6.45) is 7.02. The summed E-state index contributed by atoms with van der Waals surface area (Å²) in [5.41, 5.74) is 3.05. The number of H-pyrrole nitrogens is 1. The molecule has 5 rings (SSSR count). The molecule has 2 N–H and O–H groups in total. The van der Waals surface area contributed by atoms with Crippen molar-refractivity contribution < 1.29 is 4.79 Å². The van der Waals surface area contributed by atoms with Gasteiger partial charge in [0.05, 0.1) is 0 Å². The smallest absolute Gasteiger partial charge is 0.268 e. The molecule has 31 heavy (non-hydrogen) atoms. The number of amides is 1. The van der Waals surface area contributed by atoms with Crippen LogP contribution in [0.2, 0.25) is 5.02 Å². The van der Waals surface area contributed by atoms with Gasteiger partial charge in [0.1, 0.15) is 5.69 Å². The molecule has 1 aromatic heterocycles. The van der Waals surface area contributed by atoms with Crippen molar-refractivity contribution in [3.8, 4) is 0 Å². The van der Waals surface area contributed by atoms with Crippen molar-refractivity contribution in [3.63, 3.8) is 0 Å². The molecule has 2 atom stereocenters. The first-order chi connectivity index (χ1) is 15.2. The van der Waals surface area contributed by atoms with Crippen molar-refractivity contribution in [2.45, 2.75) is 50.6 Å². The molecular weight excluding hydrogens is 406 g/mol. The third-order valence-corrected chi connectivity index (χ3v) is 7.38. The Morgan fingerprint density at radius 1 is 1.03 bits per heavy atom. The number of likely N-dealkylation sites (tertiary alicyclic amines) is 1. The molecule has 1 amide bonds. The summed E-state index contributed by atoms with van der Waals surface area (Å²) >= 11 is 6.02. The van der Waals surface area contributed by atoms with E-state index in [2.05, 4.69) is 27.3 Å². The molecule has 0 radical (unpaired) electrons. The topological polar surface area (TPSA) is 48.1 Å². The molecule has 2 unspecified atom stereocenters. The Bertz CT molecular complexity index is 1000. The van der Waals surface area contributed by atoms with Crippen molar-refractivity contribution in [3.05, 3.63) is 70.9 Å². The molecule has 2 fully saturated rings. The standard InChI is InChI=1S/C26H30ClN3O/c27-21-10-8-18(9-11-21)16-19-12-14-30(15-13-19)25-7-3-6-23(25)29-26(31)24-17-20-4-1-2-5-22(20)28-24/h1-2,4-5,8-11,17,19,23,25,28H,3,6-7,12-16H2,(H,29,31). The van der Waals surface area contributed by atoms with E-state index in [1.54, 1.807) is 0 Å². The van der Waals surface area contributed by atoms with Gasteiger partial charge in [-0.25, -0.2) is 0 Å². The molecule has 162 valence electrons. The van der Waals surface area contributed by atoms with Crippen LogP contribution in [0.4, 0.5) is 0 Å². The summed E-state index contributed by atoms with van der Waals surface area (Å²) in [4.78, 5) is 18.8. The number of nitrogens with zero attached hydrogens (tertiary/aromatic N) is 1. The number of aromatic amines is 1. The highest BCUT2D eigenvalue weighted by molar-refractivity contribution is 6.30. The number of para-hydroxylation sites is 1. The van der Waals surface area contributed by atoms with E-state index in [1.165, 1.54) is 31.2 Å². The van der Waals surface area contributed by atoms with Gasteiger partial charge in [-0.1, -0.05) is 41.9 Å². The first kappa shape index (κ1) is 20.6. The van der Waals surface area contributed by atoms with E-state index in [-0.39, 0.29) is 11.9 Å². The normalized spacial score (nSPS) is 22.7. The maximum atomic E-state index is 12.9. The van der Waals surface area contributed by atoms with Crippen LogP contribution >= 0.6 is 11.6 Å². The Labute approximate surface area is 189 Å². The van der Waals surface area contributed by atoms with Crippen LogP contribution in [0.5, 0.6) is 0 Å². The fourth-order valence-electron chi connectivity index (χ4n) is 5.43. The van der Waals surface area contributed by atoms with E-state index in [9.17, 15) is 4.79 Å². The van der Waals surface area contributed by atoms with Gasteiger partial charge in [-0.2, -0.15) is 0 Å². The van der Waals surface area contributed by atoms with Gasteiger partial charge in [-0.3, -0.25) is 9.69 Å². The fraction of sp³-hybridized carbons (Fsp3) is 0.423. The van der Waals surface area contributed by atoms with Gasteiger partial charge < -0.3 is 10.3 Å². The Kier molecular flexibility index (Phi) is 6.02. The number of benzene rings is 2. The van der Waals surface area contributed by atoms with E-state index >= 15 is 0 Å². The number of fused-ring (bicyclic) bond motifs is 1. The van der Waals surface area contributed by atoms with E-state index in [1.807, 2.05) is 42.5 Å². The van der Waals surface area contributed by atoms with E-state index in [0.717, 1.165) is 47.8 Å². The minimum Gasteiger partial charge on any atom is -0.351 e. The molecule has 1 aliphatic carbocycles. The molecular formula is C26H30ClN3O. The number of carbonyl (C=O) groups excluding carboxylic acids is 1. The lowest BCUT2D eigenvalue weighted by Gasteiger charge is -2.38. The maximum Gasteiger partial charge on any atom is 0.268 e. The van der Waals surface area contributed by atoms with Gasteiger partial charge in [-0.15, -0.1) is 0 Å². The number of hydrogen-bond donors (Lipinski definition) is 2. The van der Waals surface area contributed by atoms with Crippen LogP contribution in [0, 0.1) is 5.92 Å². The number of piperidine rings is 1. The highest BCUT2D eigenvalue weighted by atomic mass is 35.5. The minimum atomic E-state index is 0.0192. The predicted octanol–water partition coefficient (Wildman–Crippen LogP) is 5.43. The third-order valence-electron chi connectivity index (χ3n) is 7.13. The van der Waals surface area contributed by atoms with Gasteiger partial charge in [-0.05, 0) is 87.4 Å². The Hall–Kier alpha value is -2.30. The molecule has 3 aromatic rings. The number of carbonyl (C=O) groups is 1. The zero-order valence-corrected chi connectivity index (χ0v) is 18.6. The van der Waals surface area contributed by atoms with Gasteiger partial charge in [0.15, 0.2) is 0 Å². The van der Waals surface area contributed by atoms with Crippen molar-refractivity contribution in [2.75, 3.05) is 13.1 Å². The predicted molar refractivity (Wildman–Crippen MR) is 127 cm³/mol.